The maximum Gasteiger partial charge on any atom is 0.244 e. The topological polar surface area (TPSA) is 72.9 Å². The lowest BCUT2D eigenvalue weighted by Crippen LogP contribution is -2.19. The second kappa shape index (κ2) is 6.41. The number of nitrogens with two attached hydrogens (primary N) is 1. The number of aryl methyl sites for hydroxylation is 2. The van der Waals surface area contributed by atoms with Crippen molar-refractivity contribution in [1.82, 2.24) is 9.55 Å². The van der Waals surface area contributed by atoms with Gasteiger partial charge in [0, 0.05) is 11.3 Å². The van der Waals surface area contributed by atoms with E-state index in [2.05, 4.69) is 23.3 Å². The lowest BCUT2D eigenvalue weighted by atomic mass is 10.1. The van der Waals surface area contributed by atoms with Gasteiger partial charge in [0.2, 0.25) is 5.91 Å². The van der Waals surface area contributed by atoms with Gasteiger partial charge < -0.3 is 15.6 Å². The molecule has 122 valence electrons. The Morgan fingerprint density at radius 1 is 1.25 bits per heavy atom. The van der Waals surface area contributed by atoms with Crippen LogP contribution in [-0.4, -0.2) is 20.4 Å². The highest BCUT2D eigenvalue weighted by atomic mass is 32.1. The standard InChI is InChI=1S/C18H18N4OS/c1-11-6-15-16(7-12(11)2)22(10-20-15)9-17(23)21-14-5-3-4-13(8-14)18(19)24/h3-8,10H,9H2,1-2H3,(H2,19,24)(H,21,23). The second-order valence-corrected chi connectivity index (χ2v) is 6.23. The van der Waals surface area contributed by atoms with Crippen molar-refractivity contribution in [3.05, 3.63) is 59.4 Å². The summed E-state index contributed by atoms with van der Waals surface area (Å²) < 4.78 is 1.84. The zero-order valence-corrected chi connectivity index (χ0v) is 14.4. The summed E-state index contributed by atoms with van der Waals surface area (Å²) in [6.07, 6.45) is 1.69. The number of amides is 1. The van der Waals surface area contributed by atoms with E-state index in [1.165, 1.54) is 11.1 Å². The molecule has 0 radical (unpaired) electrons. The fourth-order valence-electron chi connectivity index (χ4n) is 2.54. The summed E-state index contributed by atoms with van der Waals surface area (Å²) in [5.74, 6) is -0.132. The number of hydrogen-bond donors (Lipinski definition) is 2. The largest absolute Gasteiger partial charge is 0.389 e. The zero-order chi connectivity index (χ0) is 17.3. The molecule has 0 aliphatic carbocycles. The van der Waals surface area contributed by atoms with Gasteiger partial charge in [0.25, 0.3) is 0 Å². The molecule has 3 rings (SSSR count). The Morgan fingerprint density at radius 2 is 2.00 bits per heavy atom. The molecule has 0 atom stereocenters. The number of imidazole rings is 1. The van der Waals surface area contributed by atoms with E-state index in [0.29, 0.717) is 10.7 Å². The SMILES string of the molecule is Cc1cc2ncn(CC(=O)Nc3cccc(C(N)=S)c3)c2cc1C. The first-order valence-electron chi connectivity index (χ1n) is 7.56. The summed E-state index contributed by atoms with van der Waals surface area (Å²) in [7, 11) is 0. The fraction of sp³-hybridized carbons (Fsp3) is 0.167. The van der Waals surface area contributed by atoms with Gasteiger partial charge in [-0.3, -0.25) is 4.79 Å². The molecular weight excluding hydrogens is 320 g/mol. The molecule has 0 saturated heterocycles. The van der Waals surface area contributed by atoms with E-state index in [9.17, 15) is 4.79 Å². The number of rotatable bonds is 4. The van der Waals surface area contributed by atoms with Crippen LogP contribution in [0, 0.1) is 13.8 Å². The van der Waals surface area contributed by atoms with Crippen molar-refractivity contribution in [2.45, 2.75) is 20.4 Å². The van der Waals surface area contributed by atoms with Crippen LogP contribution in [0.4, 0.5) is 5.69 Å². The van der Waals surface area contributed by atoms with Gasteiger partial charge in [0.1, 0.15) is 11.5 Å². The van der Waals surface area contributed by atoms with Gasteiger partial charge in [-0.15, -0.1) is 0 Å². The highest BCUT2D eigenvalue weighted by Gasteiger charge is 2.09. The molecule has 0 unspecified atom stereocenters. The third-order valence-corrected chi connectivity index (χ3v) is 4.22. The summed E-state index contributed by atoms with van der Waals surface area (Å²) in [4.78, 5) is 17.0. The highest BCUT2D eigenvalue weighted by Crippen LogP contribution is 2.18. The van der Waals surface area contributed by atoms with Crippen LogP contribution in [0.25, 0.3) is 11.0 Å². The minimum atomic E-state index is -0.132. The summed E-state index contributed by atoms with van der Waals surface area (Å²) in [5.41, 5.74) is 11.2. The van der Waals surface area contributed by atoms with E-state index >= 15 is 0 Å². The zero-order valence-electron chi connectivity index (χ0n) is 13.5. The van der Waals surface area contributed by atoms with Crippen molar-refractivity contribution < 1.29 is 4.79 Å². The molecule has 24 heavy (non-hydrogen) atoms. The Balaban J connectivity index is 1.79. The first kappa shape index (κ1) is 16.1. The molecule has 1 aromatic heterocycles. The van der Waals surface area contributed by atoms with Crippen LogP contribution in [0.5, 0.6) is 0 Å². The maximum absolute atomic E-state index is 12.3. The minimum absolute atomic E-state index is 0.132. The molecule has 6 heteroatoms. The molecule has 0 aliphatic heterocycles. The van der Waals surface area contributed by atoms with Gasteiger partial charge in [0.05, 0.1) is 17.4 Å². The van der Waals surface area contributed by atoms with Gasteiger partial charge >= 0.3 is 0 Å². The summed E-state index contributed by atoms with van der Waals surface area (Å²) in [6.45, 7) is 4.29. The summed E-state index contributed by atoms with van der Waals surface area (Å²) in [5, 5.41) is 2.86. The number of aromatic nitrogens is 2. The van der Waals surface area contributed by atoms with Crippen molar-refractivity contribution in [3.63, 3.8) is 0 Å². The molecule has 0 spiro atoms. The van der Waals surface area contributed by atoms with Crippen LogP contribution >= 0.6 is 12.2 Å². The van der Waals surface area contributed by atoms with E-state index in [-0.39, 0.29) is 12.5 Å². The van der Waals surface area contributed by atoms with Crippen molar-refractivity contribution in [2.75, 3.05) is 5.32 Å². The number of nitrogens with zero attached hydrogens (tertiary/aromatic N) is 2. The number of carbonyl (C=O) groups excluding carboxylic acids is 1. The van der Waals surface area contributed by atoms with Gasteiger partial charge in [-0.1, -0.05) is 24.4 Å². The maximum atomic E-state index is 12.3. The third kappa shape index (κ3) is 3.28. The van der Waals surface area contributed by atoms with E-state index < -0.39 is 0 Å². The highest BCUT2D eigenvalue weighted by molar-refractivity contribution is 7.80. The van der Waals surface area contributed by atoms with Crippen LogP contribution in [0.1, 0.15) is 16.7 Å². The first-order chi connectivity index (χ1) is 11.4. The Bertz CT molecular complexity index is 945. The van der Waals surface area contributed by atoms with E-state index in [1.54, 1.807) is 18.5 Å². The Hall–Kier alpha value is -2.73. The van der Waals surface area contributed by atoms with Crippen molar-refractivity contribution in [1.29, 1.82) is 0 Å². The van der Waals surface area contributed by atoms with Gasteiger partial charge in [-0.25, -0.2) is 4.98 Å². The lowest BCUT2D eigenvalue weighted by Gasteiger charge is -2.09. The molecule has 3 aromatic rings. The lowest BCUT2D eigenvalue weighted by molar-refractivity contribution is -0.116. The van der Waals surface area contributed by atoms with Crippen molar-refractivity contribution in [2.24, 2.45) is 5.73 Å². The van der Waals surface area contributed by atoms with Gasteiger partial charge in [-0.2, -0.15) is 0 Å². The molecular formula is C18H18N4OS. The first-order valence-corrected chi connectivity index (χ1v) is 7.96. The smallest absolute Gasteiger partial charge is 0.244 e. The molecule has 1 amide bonds. The number of benzene rings is 2. The number of fused-ring (bicyclic) bond motifs is 1. The predicted octanol–water partition coefficient (Wildman–Crippen LogP) is 2.93. The molecule has 5 nitrogen and oxygen atoms in total. The summed E-state index contributed by atoms with van der Waals surface area (Å²) in [6, 6.07) is 11.3. The minimum Gasteiger partial charge on any atom is -0.389 e. The van der Waals surface area contributed by atoms with Crippen LogP contribution in [0.3, 0.4) is 0 Å². The normalized spacial score (nSPS) is 10.8. The number of nitrogens with one attached hydrogen (secondary N) is 1. The predicted molar refractivity (Wildman–Crippen MR) is 100 cm³/mol. The molecule has 0 aliphatic rings. The second-order valence-electron chi connectivity index (χ2n) is 5.79. The van der Waals surface area contributed by atoms with Crippen LogP contribution < -0.4 is 11.1 Å². The Labute approximate surface area is 145 Å². The number of hydrogen-bond acceptors (Lipinski definition) is 3. The fourth-order valence-corrected chi connectivity index (χ4v) is 2.67. The molecule has 0 bridgehead atoms. The molecule has 0 saturated carbocycles. The molecule has 3 N–H and O–H groups in total. The Morgan fingerprint density at radius 3 is 2.75 bits per heavy atom. The number of carbonyl (C=O) groups is 1. The number of thiocarbonyl (C=S) groups is 1. The van der Waals surface area contributed by atoms with E-state index in [0.717, 1.165) is 16.6 Å². The van der Waals surface area contributed by atoms with Gasteiger partial charge in [0.15, 0.2) is 0 Å². The van der Waals surface area contributed by atoms with Gasteiger partial charge in [-0.05, 0) is 49.2 Å². The van der Waals surface area contributed by atoms with Crippen molar-refractivity contribution in [3.8, 4) is 0 Å². The van der Waals surface area contributed by atoms with Crippen molar-refractivity contribution >= 4 is 39.8 Å². The number of anilines is 1. The monoisotopic (exact) mass is 338 g/mol. The van der Waals surface area contributed by atoms with Crippen LogP contribution in [0.15, 0.2) is 42.7 Å². The third-order valence-electron chi connectivity index (χ3n) is 3.98. The van der Waals surface area contributed by atoms with Crippen LogP contribution in [-0.2, 0) is 11.3 Å². The average Bonchev–Trinajstić information content (AvgIpc) is 2.90. The summed E-state index contributed by atoms with van der Waals surface area (Å²) >= 11 is 4.96. The molecule has 2 aromatic carbocycles. The van der Waals surface area contributed by atoms with E-state index in [1.807, 2.05) is 29.7 Å². The van der Waals surface area contributed by atoms with E-state index in [4.69, 9.17) is 18.0 Å². The quantitative estimate of drug-likeness (QED) is 0.718. The Kier molecular flexibility index (Phi) is 4.31. The average molecular weight is 338 g/mol. The van der Waals surface area contributed by atoms with Crippen LogP contribution in [0.2, 0.25) is 0 Å². The molecule has 0 fully saturated rings. The molecule has 1 heterocycles.